The van der Waals surface area contributed by atoms with Crippen molar-refractivity contribution in [2.45, 2.75) is 26.5 Å². The van der Waals surface area contributed by atoms with Crippen molar-refractivity contribution in [3.8, 4) is 11.5 Å². The van der Waals surface area contributed by atoms with E-state index in [4.69, 9.17) is 15.2 Å². The first-order valence-corrected chi connectivity index (χ1v) is 6.96. The van der Waals surface area contributed by atoms with Crippen LogP contribution in [0.15, 0.2) is 48.5 Å². The van der Waals surface area contributed by atoms with Crippen LogP contribution in [0.5, 0.6) is 11.5 Å². The normalized spacial score (nSPS) is 10.3. The number of benzene rings is 2. The third-order valence-corrected chi connectivity index (χ3v) is 2.93. The third-order valence-electron chi connectivity index (χ3n) is 2.93. The first-order valence-electron chi connectivity index (χ1n) is 6.96. The molecule has 0 saturated heterocycles. The van der Waals surface area contributed by atoms with Crippen LogP contribution in [0.25, 0.3) is 0 Å². The van der Waals surface area contributed by atoms with Crippen molar-refractivity contribution in [2.24, 2.45) is 5.73 Å². The van der Waals surface area contributed by atoms with Crippen molar-refractivity contribution < 1.29 is 9.47 Å². The predicted octanol–water partition coefficient (Wildman–Crippen LogP) is 3.51. The zero-order chi connectivity index (χ0) is 14.2. The quantitative estimate of drug-likeness (QED) is 0.838. The summed E-state index contributed by atoms with van der Waals surface area (Å²) < 4.78 is 11.5. The van der Waals surface area contributed by atoms with Crippen molar-refractivity contribution in [2.75, 3.05) is 6.61 Å². The molecule has 0 radical (unpaired) electrons. The summed E-state index contributed by atoms with van der Waals surface area (Å²) in [7, 11) is 0. The minimum absolute atomic E-state index is 0.514. The van der Waals surface area contributed by atoms with Crippen molar-refractivity contribution in [1.29, 1.82) is 0 Å². The summed E-state index contributed by atoms with van der Waals surface area (Å²) >= 11 is 0. The van der Waals surface area contributed by atoms with E-state index in [0.717, 1.165) is 29.0 Å². The van der Waals surface area contributed by atoms with Crippen LogP contribution in [-0.4, -0.2) is 6.61 Å². The van der Waals surface area contributed by atoms with Crippen LogP contribution in [0.1, 0.15) is 24.5 Å². The highest BCUT2D eigenvalue weighted by Crippen LogP contribution is 2.27. The van der Waals surface area contributed by atoms with E-state index < -0.39 is 0 Å². The van der Waals surface area contributed by atoms with E-state index in [2.05, 4.69) is 13.0 Å². The molecule has 0 atom stereocenters. The molecule has 0 fully saturated rings. The van der Waals surface area contributed by atoms with Gasteiger partial charge in [0.1, 0.15) is 6.61 Å². The molecule has 2 aromatic carbocycles. The van der Waals surface area contributed by atoms with Crippen molar-refractivity contribution in [3.63, 3.8) is 0 Å². The molecule has 0 saturated carbocycles. The van der Waals surface area contributed by atoms with Gasteiger partial charge >= 0.3 is 0 Å². The molecule has 2 rings (SSSR count). The number of para-hydroxylation sites is 2. The molecular formula is C17H21NO2. The van der Waals surface area contributed by atoms with Crippen molar-refractivity contribution in [3.05, 3.63) is 59.7 Å². The van der Waals surface area contributed by atoms with E-state index in [1.807, 2.05) is 42.5 Å². The summed E-state index contributed by atoms with van der Waals surface area (Å²) in [6.07, 6.45) is 0.979. The Morgan fingerprint density at radius 3 is 2.30 bits per heavy atom. The molecular weight excluding hydrogens is 250 g/mol. The summed E-state index contributed by atoms with van der Waals surface area (Å²) in [5.41, 5.74) is 7.87. The maximum atomic E-state index is 5.85. The number of rotatable bonds is 7. The molecule has 0 spiro atoms. The smallest absolute Gasteiger partial charge is 0.161 e. The second-order valence-corrected chi connectivity index (χ2v) is 4.61. The summed E-state index contributed by atoms with van der Waals surface area (Å²) in [5.74, 6) is 1.57. The minimum Gasteiger partial charge on any atom is -0.490 e. The van der Waals surface area contributed by atoms with Gasteiger partial charge in [0.2, 0.25) is 0 Å². The molecule has 0 unspecified atom stereocenters. The Kier molecular flexibility index (Phi) is 5.44. The number of hydrogen-bond donors (Lipinski definition) is 1. The molecule has 3 nitrogen and oxygen atoms in total. The van der Waals surface area contributed by atoms with E-state index in [0.29, 0.717) is 19.8 Å². The van der Waals surface area contributed by atoms with E-state index in [1.165, 1.54) is 0 Å². The fourth-order valence-electron chi connectivity index (χ4n) is 1.91. The second kappa shape index (κ2) is 7.56. The Labute approximate surface area is 120 Å². The maximum Gasteiger partial charge on any atom is 0.161 e. The number of ether oxygens (including phenoxy) is 2. The summed E-state index contributed by atoms with van der Waals surface area (Å²) in [6.45, 7) is 3.84. The monoisotopic (exact) mass is 271 g/mol. The summed E-state index contributed by atoms with van der Waals surface area (Å²) in [4.78, 5) is 0. The lowest BCUT2D eigenvalue weighted by molar-refractivity contribution is 0.262. The van der Waals surface area contributed by atoms with Crippen LogP contribution in [0.4, 0.5) is 0 Å². The van der Waals surface area contributed by atoms with E-state index in [1.54, 1.807) is 0 Å². The molecule has 0 aliphatic carbocycles. The first kappa shape index (κ1) is 14.4. The van der Waals surface area contributed by atoms with Gasteiger partial charge in [0.05, 0.1) is 6.61 Å². The molecule has 20 heavy (non-hydrogen) atoms. The Balaban J connectivity index is 2.02. The Hall–Kier alpha value is -2.00. The van der Waals surface area contributed by atoms with E-state index in [9.17, 15) is 0 Å². The number of nitrogens with two attached hydrogens (primary N) is 1. The first-order chi connectivity index (χ1) is 9.83. The lowest BCUT2D eigenvalue weighted by Gasteiger charge is -2.12. The highest BCUT2D eigenvalue weighted by Gasteiger charge is 2.04. The Morgan fingerprint density at radius 1 is 0.900 bits per heavy atom. The molecule has 0 aliphatic heterocycles. The summed E-state index contributed by atoms with van der Waals surface area (Å²) in [6, 6.07) is 15.9. The minimum atomic E-state index is 0.514. The van der Waals surface area contributed by atoms with Gasteiger partial charge in [-0.3, -0.25) is 0 Å². The second-order valence-electron chi connectivity index (χ2n) is 4.61. The lowest BCUT2D eigenvalue weighted by atomic mass is 10.1. The van der Waals surface area contributed by atoms with Gasteiger partial charge in [0.15, 0.2) is 11.5 Å². The van der Waals surface area contributed by atoms with Crippen LogP contribution < -0.4 is 15.2 Å². The molecule has 3 heteroatoms. The van der Waals surface area contributed by atoms with Gasteiger partial charge in [-0.05, 0) is 29.7 Å². The molecule has 0 bridgehead atoms. The van der Waals surface area contributed by atoms with Crippen LogP contribution in [-0.2, 0) is 13.2 Å². The third kappa shape index (κ3) is 4.00. The maximum absolute atomic E-state index is 5.85. The van der Waals surface area contributed by atoms with Crippen LogP contribution in [0.2, 0.25) is 0 Å². The Bertz CT molecular complexity index is 540. The van der Waals surface area contributed by atoms with Gasteiger partial charge < -0.3 is 15.2 Å². The number of hydrogen-bond acceptors (Lipinski definition) is 3. The molecule has 2 N–H and O–H groups in total. The van der Waals surface area contributed by atoms with Gasteiger partial charge in [-0.15, -0.1) is 0 Å². The Morgan fingerprint density at radius 2 is 1.60 bits per heavy atom. The molecule has 106 valence electrons. The molecule has 0 aliphatic rings. The van der Waals surface area contributed by atoms with Crippen LogP contribution in [0.3, 0.4) is 0 Å². The molecule has 2 aromatic rings. The fraction of sp³-hybridized carbons (Fsp3) is 0.294. The molecule has 0 aromatic heterocycles. The zero-order valence-electron chi connectivity index (χ0n) is 11.8. The van der Waals surface area contributed by atoms with Crippen molar-refractivity contribution in [1.82, 2.24) is 0 Å². The average molecular weight is 271 g/mol. The van der Waals surface area contributed by atoms with E-state index >= 15 is 0 Å². The van der Waals surface area contributed by atoms with E-state index in [-0.39, 0.29) is 0 Å². The highest BCUT2D eigenvalue weighted by atomic mass is 16.5. The van der Waals surface area contributed by atoms with Gasteiger partial charge in [-0.2, -0.15) is 0 Å². The molecule has 0 amide bonds. The molecule has 0 heterocycles. The fourth-order valence-corrected chi connectivity index (χ4v) is 1.91. The predicted molar refractivity (Wildman–Crippen MR) is 80.9 cm³/mol. The van der Waals surface area contributed by atoms with Gasteiger partial charge in [0, 0.05) is 6.54 Å². The van der Waals surface area contributed by atoms with Crippen LogP contribution >= 0.6 is 0 Å². The SMILES string of the molecule is CCCOc1ccccc1OCc1cccc(CN)c1. The average Bonchev–Trinajstić information content (AvgIpc) is 2.52. The topological polar surface area (TPSA) is 44.5 Å². The lowest BCUT2D eigenvalue weighted by Crippen LogP contribution is -2.02. The van der Waals surface area contributed by atoms with Gasteiger partial charge in [-0.25, -0.2) is 0 Å². The standard InChI is InChI=1S/C17H21NO2/c1-2-10-19-16-8-3-4-9-17(16)20-13-15-7-5-6-14(11-15)12-18/h3-9,11H,2,10,12-13,18H2,1H3. The van der Waals surface area contributed by atoms with Crippen LogP contribution in [0, 0.1) is 0 Å². The highest BCUT2D eigenvalue weighted by molar-refractivity contribution is 5.39. The van der Waals surface area contributed by atoms with Gasteiger partial charge in [0.25, 0.3) is 0 Å². The van der Waals surface area contributed by atoms with Crippen molar-refractivity contribution >= 4 is 0 Å². The largest absolute Gasteiger partial charge is 0.490 e. The van der Waals surface area contributed by atoms with Gasteiger partial charge in [-0.1, -0.05) is 43.3 Å². The zero-order valence-corrected chi connectivity index (χ0v) is 11.8. The summed E-state index contributed by atoms with van der Waals surface area (Å²) in [5, 5.41) is 0.